The van der Waals surface area contributed by atoms with Crippen LogP contribution in [0.4, 0.5) is 0 Å². The number of rotatable bonds is 4. The fraction of sp³-hybridized carbons (Fsp3) is 0.190. The molecule has 1 aromatic heterocycles. The number of piperazine rings is 1. The lowest BCUT2D eigenvalue weighted by molar-refractivity contribution is 0.0667. The zero-order valence-corrected chi connectivity index (χ0v) is 18.1. The van der Waals surface area contributed by atoms with E-state index < -0.39 is 10.0 Å². The van der Waals surface area contributed by atoms with Gasteiger partial charge in [0.05, 0.1) is 9.92 Å². The Kier molecular flexibility index (Phi) is 5.88. The Morgan fingerprint density at radius 1 is 0.867 bits per heavy atom. The van der Waals surface area contributed by atoms with E-state index in [0.29, 0.717) is 21.4 Å². The van der Waals surface area contributed by atoms with Crippen LogP contribution in [0.3, 0.4) is 0 Å². The smallest absolute Gasteiger partial charge is 0.289 e. The predicted octanol–water partition coefficient (Wildman–Crippen LogP) is 4.40. The first kappa shape index (κ1) is 20.9. The van der Waals surface area contributed by atoms with Crippen molar-refractivity contribution >= 4 is 39.1 Å². The van der Waals surface area contributed by atoms with Gasteiger partial charge < -0.3 is 9.32 Å². The molecule has 2 heterocycles. The maximum Gasteiger partial charge on any atom is 0.289 e. The Balaban J connectivity index is 1.44. The second-order valence-corrected chi connectivity index (χ2v) is 9.58. The van der Waals surface area contributed by atoms with Crippen molar-refractivity contribution < 1.29 is 17.6 Å². The summed E-state index contributed by atoms with van der Waals surface area (Å²) in [6.45, 7) is 0.950. The molecule has 0 saturated carbocycles. The molecule has 4 rings (SSSR count). The molecule has 2 aromatic carbocycles. The zero-order chi connectivity index (χ0) is 21.3. The van der Waals surface area contributed by atoms with Crippen LogP contribution in [-0.2, 0) is 10.0 Å². The van der Waals surface area contributed by atoms with Crippen molar-refractivity contribution in [3.8, 4) is 11.3 Å². The Morgan fingerprint density at radius 2 is 1.53 bits per heavy atom. The highest BCUT2D eigenvalue weighted by Gasteiger charge is 2.31. The third-order valence-electron chi connectivity index (χ3n) is 4.93. The number of furan rings is 1. The van der Waals surface area contributed by atoms with E-state index in [1.165, 1.54) is 16.4 Å². The molecule has 1 aliphatic rings. The number of hydrogen-bond acceptors (Lipinski definition) is 4. The van der Waals surface area contributed by atoms with Gasteiger partial charge >= 0.3 is 0 Å². The molecule has 9 heteroatoms. The lowest BCUT2D eigenvalue weighted by atomic mass is 10.2. The molecular weight excluding hydrogens is 447 g/mol. The molecule has 0 spiro atoms. The molecule has 0 aliphatic carbocycles. The van der Waals surface area contributed by atoms with Crippen molar-refractivity contribution in [1.82, 2.24) is 9.21 Å². The van der Waals surface area contributed by atoms with Gasteiger partial charge in [0, 0.05) is 36.8 Å². The Hall–Kier alpha value is -2.32. The number of amides is 1. The maximum atomic E-state index is 12.8. The standard InChI is InChI=1S/C21H18Cl2N2O4S/c22-15-5-7-16(8-6-15)30(27,28)25-13-11-24(12-14-25)21(26)20-10-9-19(29-20)17-3-1-2-4-18(17)23/h1-10H,11-14H2. The van der Waals surface area contributed by atoms with Crippen LogP contribution in [0.5, 0.6) is 0 Å². The van der Waals surface area contributed by atoms with E-state index in [1.54, 1.807) is 35.2 Å². The normalized spacial score (nSPS) is 15.3. The van der Waals surface area contributed by atoms with Crippen molar-refractivity contribution in [2.24, 2.45) is 0 Å². The average molecular weight is 465 g/mol. The maximum absolute atomic E-state index is 12.8. The summed E-state index contributed by atoms with van der Waals surface area (Å²) in [7, 11) is -3.63. The van der Waals surface area contributed by atoms with Crippen LogP contribution in [0.2, 0.25) is 10.0 Å². The van der Waals surface area contributed by atoms with Crippen LogP contribution >= 0.6 is 23.2 Å². The number of benzene rings is 2. The molecule has 0 unspecified atom stereocenters. The summed E-state index contributed by atoms with van der Waals surface area (Å²) in [5.41, 5.74) is 0.706. The number of carbonyl (C=O) groups is 1. The van der Waals surface area contributed by atoms with Crippen LogP contribution in [-0.4, -0.2) is 49.7 Å². The minimum absolute atomic E-state index is 0.182. The van der Waals surface area contributed by atoms with Gasteiger partial charge in [-0.05, 0) is 48.5 Å². The second-order valence-electron chi connectivity index (χ2n) is 6.79. The highest BCUT2D eigenvalue weighted by Crippen LogP contribution is 2.29. The molecule has 0 N–H and O–H groups in total. The minimum atomic E-state index is -3.63. The van der Waals surface area contributed by atoms with Crippen LogP contribution in [0, 0.1) is 0 Å². The Labute approximate surface area is 184 Å². The molecule has 1 saturated heterocycles. The van der Waals surface area contributed by atoms with E-state index in [0.717, 1.165) is 0 Å². The molecule has 1 fully saturated rings. The van der Waals surface area contributed by atoms with Gasteiger partial charge in [-0.3, -0.25) is 4.79 Å². The lowest BCUT2D eigenvalue weighted by Crippen LogP contribution is -2.50. The molecule has 156 valence electrons. The van der Waals surface area contributed by atoms with Crippen molar-refractivity contribution in [3.05, 3.63) is 76.5 Å². The monoisotopic (exact) mass is 464 g/mol. The van der Waals surface area contributed by atoms with E-state index in [2.05, 4.69) is 0 Å². The van der Waals surface area contributed by atoms with E-state index in [1.807, 2.05) is 18.2 Å². The number of hydrogen-bond donors (Lipinski definition) is 0. The van der Waals surface area contributed by atoms with Gasteiger partial charge in [0.25, 0.3) is 5.91 Å². The van der Waals surface area contributed by atoms with Gasteiger partial charge in [-0.1, -0.05) is 35.3 Å². The topological polar surface area (TPSA) is 70.8 Å². The Bertz CT molecular complexity index is 1170. The van der Waals surface area contributed by atoms with Crippen molar-refractivity contribution in [2.45, 2.75) is 4.90 Å². The summed E-state index contributed by atoms with van der Waals surface area (Å²) in [4.78, 5) is 14.6. The number of nitrogens with zero attached hydrogens (tertiary/aromatic N) is 2. The summed E-state index contributed by atoms with van der Waals surface area (Å²) in [5, 5.41) is 1.01. The fourth-order valence-corrected chi connectivity index (χ4v) is 5.08. The van der Waals surface area contributed by atoms with E-state index >= 15 is 0 Å². The summed E-state index contributed by atoms with van der Waals surface area (Å²) < 4.78 is 32.7. The van der Waals surface area contributed by atoms with E-state index in [4.69, 9.17) is 27.6 Å². The first-order valence-corrected chi connectivity index (χ1v) is 11.5. The van der Waals surface area contributed by atoms with Crippen LogP contribution in [0.1, 0.15) is 10.6 Å². The van der Waals surface area contributed by atoms with Gasteiger partial charge in [-0.15, -0.1) is 0 Å². The summed E-state index contributed by atoms with van der Waals surface area (Å²) in [6, 6.07) is 16.6. The first-order chi connectivity index (χ1) is 14.4. The van der Waals surface area contributed by atoms with Gasteiger partial charge in [0.15, 0.2) is 5.76 Å². The minimum Gasteiger partial charge on any atom is -0.451 e. The van der Waals surface area contributed by atoms with Crippen molar-refractivity contribution in [2.75, 3.05) is 26.2 Å². The summed E-state index contributed by atoms with van der Waals surface area (Å²) in [6.07, 6.45) is 0. The molecule has 3 aromatic rings. The molecule has 0 radical (unpaired) electrons. The van der Waals surface area contributed by atoms with Gasteiger partial charge in [0.1, 0.15) is 5.76 Å². The summed E-state index contributed by atoms with van der Waals surface area (Å²) in [5.74, 6) is 0.420. The highest BCUT2D eigenvalue weighted by molar-refractivity contribution is 7.89. The lowest BCUT2D eigenvalue weighted by Gasteiger charge is -2.33. The quantitative estimate of drug-likeness (QED) is 0.573. The molecule has 1 aliphatic heterocycles. The van der Waals surface area contributed by atoms with Gasteiger partial charge in [-0.25, -0.2) is 8.42 Å². The van der Waals surface area contributed by atoms with Crippen LogP contribution in [0.15, 0.2) is 70.0 Å². The van der Waals surface area contributed by atoms with E-state index in [9.17, 15) is 13.2 Å². The molecule has 30 heavy (non-hydrogen) atoms. The fourth-order valence-electron chi connectivity index (χ4n) is 3.30. The third kappa shape index (κ3) is 4.11. The Morgan fingerprint density at radius 3 is 2.20 bits per heavy atom. The number of sulfonamides is 1. The van der Waals surface area contributed by atoms with Crippen molar-refractivity contribution in [3.63, 3.8) is 0 Å². The molecular formula is C21H18Cl2N2O4S. The van der Waals surface area contributed by atoms with Crippen LogP contribution < -0.4 is 0 Å². The average Bonchev–Trinajstić information content (AvgIpc) is 3.24. The van der Waals surface area contributed by atoms with Gasteiger partial charge in [-0.2, -0.15) is 4.31 Å². The molecule has 0 bridgehead atoms. The number of carbonyl (C=O) groups excluding carboxylic acids is 1. The zero-order valence-electron chi connectivity index (χ0n) is 15.8. The molecule has 0 atom stereocenters. The van der Waals surface area contributed by atoms with E-state index in [-0.39, 0.29) is 42.7 Å². The molecule has 1 amide bonds. The second kappa shape index (κ2) is 8.43. The van der Waals surface area contributed by atoms with Crippen molar-refractivity contribution in [1.29, 1.82) is 0 Å². The molecule has 6 nitrogen and oxygen atoms in total. The third-order valence-corrected chi connectivity index (χ3v) is 7.43. The SMILES string of the molecule is O=C(c1ccc(-c2ccccc2Cl)o1)N1CCN(S(=O)(=O)c2ccc(Cl)cc2)CC1. The van der Waals surface area contributed by atoms with Gasteiger partial charge in [0.2, 0.25) is 10.0 Å². The number of halogens is 2. The largest absolute Gasteiger partial charge is 0.451 e. The van der Waals surface area contributed by atoms with Crippen LogP contribution in [0.25, 0.3) is 11.3 Å². The summed E-state index contributed by atoms with van der Waals surface area (Å²) >= 11 is 12.0. The first-order valence-electron chi connectivity index (χ1n) is 9.26. The highest BCUT2D eigenvalue weighted by atomic mass is 35.5. The predicted molar refractivity (Wildman–Crippen MR) is 115 cm³/mol.